The first-order chi connectivity index (χ1) is 14.6. The number of carbonyl (C=O) groups excluding carboxylic acids is 1. The summed E-state index contributed by atoms with van der Waals surface area (Å²) in [6, 6.07) is -0.436. The Kier molecular flexibility index (Phi) is 8.85. The van der Waals surface area contributed by atoms with E-state index in [0.717, 1.165) is 11.2 Å². The van der Waals surface area contributed by atoms with Gasteiger partial charge in [0.25, 0.3) is 0 Å². The van der Waals surface area contributed by atoms with Gasteiger partial charge in [-0.05, 0) is 36.8 Å². The van der Waals surface area contributed by atoms with Gasteiger partial charge in [-0.2, -0.15) is 0 Å². The molecule has 2 amide bonds. The number of carbonyl (C=O) groups is 1. The molecule has 0 aromatic carbocycles. The fraction of sp³-hybridized carbons (Fsp3) is 0.571. The van der Waals surface area contributed by atoms with E-state index in [4.69, 9.17) is 10.2 Å². The molecule has 0 aromatic rings. The van der Waals surface area contributed by atoms with Crippen LogP contribution in [-0.4, -0.2) is 49.1 Å². The van der Waals surface area contributed by atoms with Crippen molar-refractivity contribution in [1.29, 1.82) is 5.41 Å². The molecule has 2 aliphatic rings. The van der Waals surface area contributed by atoms with Crippen LogP contribution in [-0.2, 0) is 9.57 Å². The summed E-state index contributed by atoms with van der Waals surface area (Å²) in [6.07, 6.45) is 4.26. The first-order valence-corrected chi connectivity index (χ1v) is 10.2. The van der Waals surface area contributed by atoms with Crippen molar-refractivity contribution >= 4 is 18.1 Å². The van der Waals surface area contributed by atoms with Crippen molar-refractivity contribution in [2.24, 2.45) is 17.0 Å². The summed E-state index contributed by atoms with van der Waals surface area (Å²) in [6.45, 7) is 4.03. The summed E-state index contributed by atoms with van der Waals surface area (Å²) in [7, 11) is 1.47. The molecule has 0 aliphatic heterocycles. The van der Waals surface area contributed by atoms with Crippen LogP contribution in [0.2, 0.25) is 0 Å². The summed E-state index contributed by atoms with van der Waals surface area (Å²) < 4.78 is 41.8. The van der Waals surface area contributed by atoms with E-state index in [1.54, 1.807) is 6.08 Å². The number of alkyl halides is 3. The van der Waals surface area contributed by atoms with E-state index in [9.17, 15) is 18.0 Å². The van der Waals surface area contributed by atoms with Crippen molar-refractivity contribution in [2.75, 3.05) is 13.7 Å². The van der Waals surface area contributed by atoms with Crippen molar-refractivity contribution in [2.45, 2.75) is 52.0 Å². The van der Waals surface area contributed by atoms with Crippen LogP contribution in [0.25, 0.3) is 0 Å². The fourth-order valence-electron chi connectivity index (χ4n) is 3.47. The number of oxime groups is 1. The predicted octanol–water partition coefficient (Wildman–Crippen LogP) is 4.74. The molecule has 0 bridgehead atoms. The minimum atomic E-state index is -4.66. The third-order valence-electron chi connectivity index (χ3n) is 5.25. The quantitative estimate of drug-likeness (QED) is 0.323. The Hall–Kier alpha value is -2.62. The maximum Gasteiger partial charge on any atom is 0.522 e. The standard InChI is InChI=1S/C21H29F3N4O3/c1-4-18(15-8-6-9-16(11-15)31-21(22,23)24)27-30-12-17-14(2)7-5-10-19(17)26-20(29)28(3)13-25/h5,7-8,10,13-14,16-17,25H,4,6,9,11-12H2,1-3H3,(H,26,29)/b25-13?,27-18-. The Morgan fingerprint density at radius 1 is 1.45 bits per heavy atom. The molecule has 2 N–H and O–H groups in total. The molecule has 0 saturated heterocycles. The summed E-state index contributed by atoms with van der Waals surface area (Å²) in [5, 5.41) is 14.1. The number of amides is 2. The summed E-state index contributed by atoms with van der Waals surface area (Å²) >= 11 is 0. The molecule has 0 radical (unpaired) electrons. The van der Waals surface area contributed by atoms with Gasteiger partial charge in [0.05, 0.1) is 18.2 Å². The number of ether oxygens (including phenoxy) is 1. The van der Waals surface area contributed by atoms with Gasteiger partial charge < -0.3 is 10.2 Å². The first kappa shape index (κ1) is 24.6. The van der Waals surface area contributed by atoms with Crippen molar-refractivity contribution in [3.05, 3.63) is 35.6 Å². The molecule has 0 saturated carbocycles. The lowest BCUT2D eigenvalue weighted by Crippen LogP contribution is -2.39. The zero-order chi connectivity index (χ0) is 23.0. The molecule has 0 aromatic heterocycles. The number of hydrogen-bond donors (Lipinski definition) is 2. The Balaban J connectivity index is 2.01. The van der Waals surface area contributed by atoms with Gasteiger partial charge in [0.1, 0.15) is 6.61 Å². The predicted molar refractivity (Wildman–Crippen MR) is 111 cm³/mol. The van der Waals surface area contributed by atoms with Gasteiger partial charge in [-0.1, -0.05) is 37.2 Å². The van der Waals surface area contributed by atoms with Gasteiger partial charge in [-0.25, -0.2) is 4.79 Å². The summed E-state index contributed by atoms with van der Waals surface area (Å²) in [4.78, 5) is 18.8. The van der Waals surface area contributed by atoms with Crippen LogP contribution in [0.1, 0.15) is 39.5 Å². The second-order valence-corrected chi connectivity index (χ2v) is 7.53. The van der Waals surface area contributed by atoms with Crippen molar-refractivity contribution in [3.63, 3.8) is 0 Å². The molecule has 0 heterocycles. The van der Waals surface area contributed by atoms with E-state index < -0.39 is 18.5 Å². The number of halogens is 3. The van der Waals surface area contributed by atoms with Gasteiger partial charge >= 0.3 is 12.4 Å². The molecular formula is C21H29F3N4O3. The number of rotatable bonds is 8. The molecule has 3 atom stereocenters. The molecule has 2 aliphatic carbocycles. The highest BCUT2D eigenvalue weighted by Gasteiger charge is 2.35. The van der Waals surface area contributed by atoms with Crippen LogP contribution in [0.15, 0.2) is 40.7 Å². The van der Waals surface area contributed by atoms with E-state index in [1.807, 2.05) is 32.1 Å². The van der Waals surface area contributed by atoms with Gasteiger partial charge in [-0.15, -0.1) is 13.2 Å². The second kappa shape index (κ2) is 11.1. The largest absolute Gasteiger partial charge is 0.522 e. The van der Waals surface area contributed by atoms with E-state index in [0.29, 0.717) is 36.2 Å². The molecular weight excluding hydrogens is 413 g/mol. The average molecular weight is 442 g/mol. The Bertz CT molecular complexity index is 774. The number of hydrogen-bond acceptors (Lipinski definition) is 5. The smallest absolute Gasteiger partial charge is 0.395 e. The lowest BCUT2D eigenvalue weighted by molar-refractivity contribution is -0.343. The molecule has 172 valence electrons. The lowest BCUT2D eigenvalue weighted by Gasteiger charge is -2.27. The number of nitrogens with zero attached hydrogens (tertiary/aromatic N) is 2. The van der Waals surface area contributed by atoms with Crippen LogP contribution in [0.5, 0.6) is 0 Å². The van der Waals surface area contributed by atoms with Crippen LogP contribution in [0.3, 0.4) is 0 Å². The van der Waals surface area contributed by atoms with E-state index in [-0.39, 0.29) is 24.9 Å². The highest BCUT2D eigenvalue weighted by Crippen LogP contribution is 2.29. The monoisotopic (exact) mass is 442 g/mol. The van der Waals surface area contributed by atoms with Gasteiger partial charge in [0.2, 0.25) is 0 Å². The van der Waals surface area contributed by atoms with Crippen molar-refractivity contribution in [1.82, 2.24) is 10.2 Å². The lowest BCUT2D eigenvalue weighted by atomic mass is 9.87. The molecule has 0 spiro atoms. The minimum absolute atomic E-state index is 0.0734. The molecule has 10 heteroatoms. The van der Waals surface area contributed by atoms with Crippen molar-refractivity contribution in [3.8, 4) is 0 Å². The number of allylic oxidation sites excluding steroid dienone is 4. The Morgan fingerprint density at radius 3 is 2.84 bits per heavy atom. The Labute approximate surface area is 180 Å². The molecule has 2 rings (SSSR count). The van der Waals surface area contributed by atoms with Gasteiger partial charge in [-0.3, -0.25) is 15.0 Å². The van der Waals surface area contributed by atoms with Gasteiger partial charge in [0.15, 0.2) is 0 Å². The second-order valence-electron chi connectivity index (χ2n) is 7.53. The molecule has 3 unspecified atom stereocenters. The average Bonchev–Trinajstić information content (AvgIpc) is 2.71. The zero-order valence-corrected chi connectivity index (χ0v) is 17.9. The first-order valence-electron chi connectivity index (χ1n) is 10.2. The van der Waals surface area contributed by atoms with Gasteiger partial charge in [0, 0.05) is 25.1 Å². The van der Waals surface area contributed by atoms with E-state index in [1.165, 1.54) is 7.05 Å². The summed E-state index contributed by atoms with van der Waals surface area (Å²) in [5.74, 6) is -0.0964. The minimum Gasteiger partial charge on any atom is -0.395 e. The highest BCUT2D eigenvalue weighted by molar-refractivity contribution is 5.99. The summed E-state index contributed by atoms with van der Waals surface area (Å²) in [5.41, 5.74) is 1.95. The third kappa shape index (κ3) is 7.54. The maximum atomic E-state index is 12.5. The molecule has 0 fully saturated rings. The fourth-order valence-corrected chi connectivity index (χ4v) is 3.47. The molecule has 7 nitrogen and oxygen atoms in total. The maximum absolute atomic E-state index is 12.5. The molecule has 31 heavy (non-hydrogen) atoms. The van der Waals surface area contributed by atoms with Crippen LogP contribution in [0, 0.1) is 17.2 Å². The van der Waals surface area contributed by atoms with E-state index in [2.05, 4.69) is 15.2 Å². The Morgan fingerprint density at radius 2 is 2.19 bits per heavy atom. The number of urea groups is 1. The van der Waals surface area contributed by atoms with Crippen LogP contribution >= 0.6 is 0 Å². The SMILES string of the molecule is CC/C(=N/OCC1C(NC(=O)N(C)C=N)=CC=CC1C)C1=CCCC(OC(F)(F)F)C1. The normalized spacial score (nSPS) is 24.2. The highest BCUT2D eigenvalue weighted by atomic mass is 19.4. The van der Waals surface area contributed by atoms with E-state index >= 15 is 0 Å². The van der Waals surface area contributed by atoms with Crippen molar-refractivity contribution < 1.29 is 27.5 Å². The number of nitrogens with one attached hydrogen (secondary N) is 2. The zero-order valence-electron chi connectivity index (χ0n) is 17.9. The van der Waals surface area contributed by atoms with Crippen LogP contribution < -0.4 is 5.32 Å². The third-order valence-corrected chi connectivity index (χ3v) is 5.25. The van der Waals surface area contributed by atoms with Crippen LogP contribution in [0.4, 0.5) is 18.0 Å². The topological polar surface area (TPSA) is 87.0 Å².